The van der Waals surface area contributed by atoms with Gasteiger partial charge in [-0.25, -0.2) is 4.98 Å². The molecule has 1 rings (SSSR count). The smallest absolute Gasteiger partial charge is 0.323 e. The van der Waals surface area contributed by atoms with Gasteiger partial charge in [-0.15, -0.1) is 11.3 Å². The third-order valence-corrected chi connectivity index (χ3v) is 3.05. The van der Waals surface area contributed by atoms with Crippen LogP contribution in [0.4, 0.5) is 0 Å². The monoisotopic (exact) mass is 242 g/mol. The number of thiazole rings is 1. The molecule has 0 aromatic carbocycles. The standard InChI is InChI=1S/C11H18N2O2S/c1-7(2)10(11(14)15-4)13-8(3)9-5-16-6-12-9/h5-8,10,13H,1-4H3/t8?,10-/m0/s1. The van der Waals surface area contributed by atoms with Gasteiger partial charge in [0.25, 0.3) is 0 Å². The van der Waals surface area contributed by atoms with Crippen molar-refractivity contribution in [2.24, 2.45) is 5.92 Å². The molecule has 0 aliphatic rings. The van der Waals surface area contributed by atoms with Gasteiger partial charge in [0, 0.05) is 11.4 Å². The molecule has 0 amide bonds. The Kier molecular flexibility index (Phi) is 4.89. The van der Waals surface area contributed by atoms with Gasteiger partial charge in [-0.3, -0.25) is 10.1 Å². The SMILES string of the molecule is COC(=O)[C@@H](NC(C)c1cscn1)C(C)C. The molecule has 90 valence electrons. The van der Waals surface area contributed by atoms with E-state index in [1.807, 2.05) is 26.2 Å². The van der Waals surface area contributed by atoms with Gasteiger partial charge in [-0.05, 0) is 12.8 Å². The zero-order valence-corrected chi connectivity index (χ0v) is 10.9. The molecule has 4 nitrogen and oxygen atoms in total. The largest absolute Gasteiger partial charge is 0.468 e. The van der Waals surface area contributed by atoms with E-state index < -0.39 is 0 Å². The number of ether oxygens (including phenoxy) is 1. The number of carbonyl (C=O) groups is 1. The van der Waals surface area contributed by atoms with Crippen LogP contribution < -0.4 is 5.32 Å². The lowest BCUT2D eigenvalue weighted by atomic mass is 10.0. The zero-order chi connectivity index (χ0) is 12.1. The minimum Gasteiger partial charge on any atom is -0.468 e. The first kappa shape index (κ1) is 13.1. The summed E-state index contributed by atoms with van der Waals surface area (Å²) in [6.07, 6.45) is 0. The summed E-state index contributed by atoms with van der Waals surface area (Å²) in [5.74, 6) is -0.0365. The number of nitrogens with zero attached hydrogens (tertiary/aromatic N) is 1. The van der Waals surface area contributed by atoms with Crippen LogP contribution in [-0.4, -0.2) is 24.1 Å². The summed E-state index contributed by atoms with van der Waals surface area (Å²) in [4.78, 5) is 15.8. The zero-order valence-electron chi connectivity index (χ0n) is 10.1. The lowest BCUT2D eigenvalue weighted by molar-refractivity contribution is -0.144. The number of methoxy groups -OCH3 is 1. The van der Waals surface area contributed by atoms with Gasteiger partial charge in [-0.2, -0.15) is 0 Å². The van der Waals surface area contributed by atoms with E-state index in [1.54, 1.807) is 16.8 Å². The molecule has 2 atom stereocenters. The molecule has 16 heavy (non-hydrogen) atoms. The number of hydrogen-bond donors (Lipinski definition) is 1. The van der Waals surface area contributed by atoms with Crippen LogP contribution in [0.3, 0.4) is 0 Å². The highest BCUT2D eigenvalue weighted by molar-refractivity contribution is 7.07. The van der Waals surface area contributed by atoms with Crippen LogP contribution >= 0.6 is 11.3 Å². The van der Waals surface area contributed by atoms with Gasteiger partial charge in [-0.1, -0.05) is 13.8 Å². The fraction of sp³-hybridized carbons (Fsp3) is 0.636. The maximum atomic E-state index is 11.6. The van der Waals surface area contributed by atoms with Gasteiger partial charge in [0.2, 0.25) is 0 Å². The van der Waals surface area contributed by atoms with Crippen molar-refractivity contribution in [3.05, 3.63) is 16.6 Å². The van der Waals surface area contributed by atoms with E-state index in [1.165, 1.54) is 7.11 Å². The average Bonchev–Trinajstić information content (AvgIpc) is 2.77. The average molecular weight is 242 g/mol. The summed E-state index contributed by atoms with van der Waals surface area (Å²) in [5, 5.41) is 5.22. The van der Waals surface area contributed by atoms with Crippen molar-refractivity contribution in [1.29, 1.82) is 0 Å². The van der Waals surface area contributed by atoms with Crippen LogP contribution in [-0.2, 0) is 9.53 Å². The topological polar surface area (TPSA) is 51.2 Å². The van der Waals surface area contributed by atoms with Crippen LogP contribution in [0.15, 0.2) is 10.9 Å². The molecular weight excluding hydrogens is 224 g/mol. The highest BCUT2D eigenvalue weighted by Crippen LogP contribution is 2.15. The molecule has 1 unspecified atom stereocenters. The molecule has 0 aliphatic heterocycles. The van der Waals surface area contributed by atoms with E-state index in [2.05, 4.69) is 10.3 Å². The normalized spacial score (nSPS) is 14.8. The number of rotatable bonds is 5. The molecular formula is C11H18N2O2S. The molecule has 1 aromatic heterocycles. The summed E-state index contributed by atoms with van der Waals surface area (Å²) < 4.78 is 4.77. The fourth-order valence-corrected chi connectivity index (χ4v) is 2.10. The number of carbonyl (C=O) groups excluding carboxylic acids is 1. The molecule has 0 spiro atoms. The van der Waals surface area contributed by atoms with Crippen LogP contribution in [0.2, 0.25) is 0 Å². The number of esters is 1. The quantitative estimate of drug-likeness (QED) is 0.802. The highest BCUT2D eigenvalue weighted by Gasteiger charge is 2.25. The lowest BCUT2D eigenvalue weighted by Crippen LogP contribution is -2.43. The molecule has 1 N–H and O–H groups in total. The minimum atomic E-state index is -0.290. The Bertz CT molecular complexity index is 325. The van der Waals surface area contributed by atoms with Crippen molar-refractivity contribution in [2.45, 2.75) is 32.9 Å². The molecule has 1 aromatic rings. The first-order valence-corrected chi connectivity index (χ1v) is 6.22. The second-order valence-corrected chi connectivity index (χ2v) is 4.77. The van der Waals surface area contributed by atoms with Crippen molar-refractivity contribution in [3.63, 3.8) is 0 Å². The third-order valence-electron chi connectivity index (χ3n) is 2.45. The number of hydrogen-bond acceptors (Lipinski definition) is 5. The van der Waals surface area contributed by atoms with Gasteiger partial charge in [0.1, 0.15) is 6.04 Å². The van der Waals surface area contributed by atoms with E-state index in [0.29, 0.717) is 0 Å². The highest BCUT2D eigenvalue weighted by atomic mass is 32.1. The Morgan fingerprint density at radius 3 is 2.62 bits per heavy atom. The van der Waals surface area contributed by atoms with E-state index in [9.17, 15) is 4.79 Å². The first-order chi connectivity index (χ1) is 7.56. The second-order valence-electron chi connectivity index (χ2n) is 4.05. The molecule has 0 bridgehead atoms. The molecule has 0 fully saturated rings. The van der Waals surface area contributed by atoms with Gasteiger partial charge < -0.3 is 4.74 Å². The Hall–Kier alpha value is -0.940. The second kappa shape index (κ2) is 5.96. The van der Waals surface area contributed by atoms with E-state index in [4.69, 9.17) is 4.74 Å². The predicted molar refractivity (Wildman–Crippen MR) is 64.3 cm³/mol. The molecule has 5 heteroatoms. The summed E-state index contributed by atoms with van der Waals surface area (Å²) in [7, 11) is 1.41. The van der Waals surface area contributed by atoms with Crippen LogP contribution in [0, 0.1) is 5.92 Å². The number of aromatic nitrogens is 1. The maximum Gasteiger partial charge on any atom is 0.323 e. The molecule has 0 radical (unpaired) electrons. The van der Waals surface area contributed by atoms with E-state index in [0.717, 1.165) is 5.69 Å². The van der Waals surface area contributed by atoms with E-state index in [-0.39, 0.29) is 24.0 Å². The summed E-state index contributed by atoms with van der Waals surface area (Å²) in [6.45, 7) is 5.97. The minimum absolute atomic E-state index is 0.0535. The first-order valence-electron chi connectivity index (χ1n) is 5.28. The van der Waals surface area contributed by atoms with Gasteiger partial charge >= 0.3 is 5.97 Å². The molecule has 0 aliphatic carbocycles. The molecule has 1 heterocycles. The Morgan fingerprint density at radius 1 is 1.50 bits per heavy atom. The van der Waals surface area contributed by atoms with Crippen molar-refractivity contribution in [2.75, 3.05) is 7.11 Å². The van der Waals surface area contributed by atoms with Crippen molar-refractivity contribution < 1.29 is 9.53 Å². The fourth-order valence-electron chi connectivity index (χ4n) is 1.45. The van der Waals surface area contributed by atoms with Crippen molar-refractivity contribution >= 4 is 17.3 Å². The predicted octanol–water partition coefficient (Wildman–Crippen LogP) is 1.99. The molecule has 0 saturated carbocycles. The van der Waals surface area contributed by atoms with Gasteiger partial charge in [0.05, 0.1) is 18.3 Å². The van der Waals surface area contributed by atoms with Crippen molar-refractivity contribution in [1.82, 2.24) is 10.3 Å². The Labute approximate surface area is 100 Å². The Morgan fingerprint density at radius 2 is 2.19 bits per heavy atom. The van der Waals surface area contributed by atoms with Crippen molar-refractivity contribution in [3.8, 4) is 0 Å². The number of nitrogens with one attached hydrogen (secondary N) is 1. The Balaban J connectivity index is 2.65. The van der Waals surface area contributed by atoms with Crippen LogP contribution in [0.5, 0.6) is 0 Å². The summed E-state index contributed by atoms with van der Waals surface area (Å²) >= 11 is 1.55. The summed E-state index contributed by atoms with van der Waals surface area (Å²) in [6, 6.07) is -0.237. The third kappa shape index (κ3) is 3.28. The summed E-state index contributed by atoms with van der Waals surface area (Å²) in [5.41, 5.74) is 2.75. The van der Waals surface area contributed by atoms with E-state index >= 15 is 0 Å². The molecule has 0 saturated heterocycles. The van der Waals surface area contributed by atoms with Crippen LogP contribution in [0.1, 0.15) is 32.5 Å². The van der Waals surface area contributed by atoms with Gasteiger partial charge in [0.15, 0.2) is 0 Å². The van der Waals surface area contributed by atoms with Crippen LogP contribution in [0.25, 0.3) is 0 Å². The lowest BCUT2D eigenvalue weighted by Gasteiger charge is -2.23. The maximum absolute atomic E-state index is 11.6.